The lowest BCUT2D eigenvalue weighted by molar-refractivity contribution is 0.0695. The fraction of sp³-hybridized carbons (Fsp3) is 0.304. The number of anilines is 1. The number of aromatic carboxylic acids is 1. The molecule has 1 aliphatic rings. The maximum atomic E-state index is 15.0. The summed E-state index contributed by atoms with van der Waals surface area (Å²) in [6.07, 6.45) is 1.25. The summed E-state index contributed by atoms with van der Waals surface area (Å²) >= 11 is 3.39. The van der Waals surface area contributed by atoms with E-state index in [1.165, 1.54) is 6.20 Å². The number of nitrogens with zero attached hydrogens (tertiary/aromatic N) is 5. The second-order valence-corrected chi connectivity index (χ2v) is 8.86. The highest BCUT2D eigenvalue weighted by Crippen LogP contribution is 2.23. The van der Waals surface area contributed by atoms with Gasteiger partial charge in [0.2, 0.25) is 5.43 Å². The van der Waals surface area contributed by atoms with Crippen molar-refractivity contribution in [2.24, 2.45) is 5.16 Å². The van der Waals surface area contributed by atoms with Crippen molar-refractivity contribution in [1.82, 2.24) is 14.5 Å². The number of carbonyl (C=O) groups is 1. The lowest BCUT2D eigenvalue weighted by Crippen LogP contribution is -2.48. The van der Waals surface area contributed by atoms with E-state index >= 15 is 0 Å². The van der Waals surface area contributed by atoms with E-state index in [1.807, 2.05) is 24.3 Å². The number of halogens is 2. The Labute approximate surface area is 202 Å². The Bertz CT molecular complexity index is 1320. The van der Waals surface area contributed by atoms with Gasteiger partial charge in [-0.15, -0.1) is 0 Å². The second kappa shape index (κ2) is 9.90. The topological polar surface area (TPSA) is 111 Å². The zero-order chi connectivity index (χ0) is 24.4. The molecule has 0 radical (unpaired) electrons. The van der Waals surface area contributed by atoms with Crippen LogP contribution in [0.1, 0.15) is 22.8 Å². The lowest BCUT2D eigenvalue weighted by Gasteiger charge is -2.35. The summed E-state index contributed by atoms with van der Waals surface area (Å²) in [7, 11) is 0. The van der Waals surface area contributed by atoms with E-state index < -0.39 is 22.8 Å². The van der Waals surface area contributed by atoms with Crippen molar-refractivity contribution in [3.8, 4) is 0 Å². The van der Waals surface area contributed by atoms with Crippen LogP contribution in [0.4, 0.5) is 10.2 Å². The molecular formula is C23H23BrFN5O4. The molecule has 0 bridgehead atoms. The van der Waals surface area contributed by atoms with Crippen LogP contribution in [0.2, 0.25) is 0 Å². The number of oxime groups is 1. The molecular weight excluding hydrogens is 509 g/mol. The summed E-state index contributed by atoms with van der Waals surface area (Å²) < 4.78 is 17.5. The van der Waals surface area contributed by atoms with E-state index in [4.69, 9.17) is 0 Å². The van der Waals surface area contributed by atoms with Gasteiger partial charge in [-0.2, -0.15) is 0 Å². The predicted molar refractivity (Wildman–Crippen MR) is 130 cm³/mol. The molecule has 0 saturated carbocycles. The smallest absolute Gasteiger partial charge is 0.341 e. The van der Waals surface area contributed by atoms with Crippen molar-refractivity contribution in [2.45, 2.75) is 13.5 Å². The van der Waals surface area contributed by atoms with Gasteiger partial charge in [0.05, 0.1) is 5.39 Å². The average molecular weight is 532 g/mol. The van der Waals surface area contributed by atoms with Gasteiger partial charge >= 0.3 is 5.97 Å². The Morgan fingerprint density at radius 2 is 1.88 bits per heavy atom. The molecule has 34 heavy (non-hydrogen) atoms. The van der Waals surface area contributed by atoms with Crippen LogP contribution in [-0.4, -0.2) is 69.2 Å². The third-order valence-corrected chi connectivity index (χ3v) is 6.43. The number of carboxylic acids is 1. The summed E-state index contributed by atoms with van der Waals surface area (Å²) in [5, 5.41) is 22.2. The second-order valence-electron chi connectivity index (χ2n) is 7.94. The van der Waals surface area contributed by atoms with Crippen molar-refractivity contribution < 1.29 is 19.5 Å². The van der Waals surface area contributed by atoms with Crippen molar-refractivity contribution in [3.05, 3.63) is 68.2 Å². The highest BCUT2D eigenvalue weighted by molar-refractivity contribution is 9.10. The van der Waals surface area contributed by atoms with Crippen LogP contribution in [0.25, 0.3) is 11.0 Å². The number of carboxylic acid groups (broad SMARTS) is 1. The van der Waals surface area contributed by atoms with Gasteiger partial charge in [-0.3, -0.25) is 9.69 Å². The van der Waals surface area contributed by atoms with Gasteiger partial charge in [-0.1, -0.05) is 33.2 Å². The van der Waals surface area contributed by atoms with Crippen LogP contribution in [-0.2, 0) is 6.54 Å². The summed E-state index contributed by atoms with van der Waals surface area (Å²) in [5.41, 5.74) is 0.440. The molecule has 0 atom stereocenters. The zero-order valence-electron chi connectivity index (χ0n) is 18.4. The van der Waals surface area contributed by atoms with E-state index in [0.29, 0.717) is 45.0 Å². The molecule has 0 aliphatic carbocycles. The summed E-state index contributed by atoms with van der Waals surface area (Å²) in [4.78, 5) is 32.3. The lowest BCUT2D eigenvalue weighted by atomic mass is 10.1. The molecule has 2 aromatic heterocycles. The molecule has 1 saturated heterocycles. The summed E-state index contributed by atoms with van der Waals surface area (Å²) in [5.74, 6) is -1.90. The van der Waals surface area contributed by atoms with Gasteiger partial charge in [0.15, 0.2) is 11.6 Å². The minimum atomic E-state index is -1.36. The van der Waals surface area contributed by atoms with Crippen LogP contribution in [0.3, 0.4) is 0 Å². The number of hydrogen-bond donors (Lipinski definition) is 2. The van der Waals surface area contributed by atoms with Gasteiger partial charge < -0.3 is 19.8 Å². The van der Waals surface area contributed by atoms with Crippen LogP contribution in [0, 0.1) is 5.82 Å². The quantitative estimate of drug-likeness (QED) is 0.285. The maximum Gasteiger partial charge on any atom is 0.341 e. The fourth-order valence-corrected chi connectivity index (χ4v) is 4.31. The van der Waals surface area contributed by atoms with Crippen molar-refractivity contribution in [2.75, 3.05) is 37.6 Å². The first-order valence-electron chi connectivity index (χ1n) is 10.7. The van der Waals surface area contributed by atoms with Gasteiger partial charge in [0, 0.05) is 55.5 Å². The van der Waals surface area contributed by atoms with Crippen LogP contribution in [0.5, 0.6) is 0 Å². The first kappa shape index (κ1) is 23.8. The molecule has 0 amide bonds. The number of piperazine rings is 1. The highest BCUT2D eigenvalue weighted by Gasteiger charge is 2.24. The number of aryl methyl sites for hydroxylation is 1. The molecule has 1 aliphatic heterocycles. The Balaban J connectivity index is 1.54. The Morgan fingerprint density at radius 3 is 2.47 bits per heavy atom. The molecule has 3 heterocycles. The van der Waals surface area contributed by atoms with Crippen molar-refractivity contribution >= 4 is 44.5 Å². The third-order valence-electron chi connectivity index (χ3n) is 5.90. The molecule has 0 unspecified atom stereocenters. The fourth-order valence-electron chi connectivity index (χ4n) is 4.04. The monoisotopic (exact) mass is 531 g/mol. The first-order chi connectivity index (χ1) is 16.3. The highest BCUT2D eigenvalue weighted by atomic mass is 79.9. The number of benzene rings is 1. The van der Waals surface area contributed by atoms with Crippen LogP contribution in [0.15, 0.2) is 51.0 Å². The number of aromatic nitrogens is 2. The van der Waals surface area contributed by atoms with Gasteiger partial charge in [0.25, 0.3) is 0 Å². The Hall–Kier alpha value is -3.31. The van der Waals surface area contributed by atoms with E-state index in [2.05, 4.69) is 31.0 Å². The molecule has 11 heteroatoms. The number of pyridine rings is 2. The Kier molecular flexibility index (Phi) is 6.94. The van der Waals surface area contributed by atoms with Gasteiger partial charge in [0.1, 0.15) is 16.9 Å². The predicted octanol–water partition coefficient (Wildman–Crippen LogP) is 3.02. The minimum Gasteiger partial charge on any atom is -0.477 e. The first-order valence-corrected chi connectivity index (χ1v) is 11.5. The van der Waals surface area contributed by atoms with Crippen LogP contribution < -0.4 is 10.3 Å². The van der Waals surface area contributed by atoms with Gasteiger partial charge in [-0.25, -0.2) is 14.2 Å². The largest absolute Gasteiger partial charge is 0.477 e. The number of rotatable bonds is 6. The maximum absolute atomic E-state index is 15.0. The number of fused-ring (bicyclic) bond motifs is 1. The van der Waals surface area contributed by atoms with E-state index in [0.717, 1.165) is 16.1 Å². The molecule has 2 N–H and O–H groups in total. The molecule has 3 aromatic rings. The molecule has 1 aromatic carbocycles. The number of hydrogen-bond acceptors (Lipinski definition) is 7. The van der Waals surface area contributed by atoms with E-state index in [-0.39, 0.29) is 16.9 Å². The van der Waals surface area contributed by atoms with Gasteiger partial charge in [-0.05, 0) is 25.1 Å². The SMILES string of the molecule is CCn1cc(C(=O)O)c(=O)c2cc(F)c(N3CCN(C/C(=N/O)c4ccc(Br)cc4)CC3)nc21. The molecule has 0 spiro atoms. The average Bonchev–Trinajstić information content (AvgIpc) is 2.83. The summed E-state index contributed by atoms with van der Waals surface area (Å²) in [6.45, 7) is 4.76. The van der Waals surface area contributed by atoms with E-state index in [1.54, 1.807) is 16.4 Å². The Morgan fingerprint density at radius 1 is 1.21 bits per heavy atom. The minimum absolute atomic E-state index is 0.0556. The molecule has 1 fully saturated rings. The summed E-state index contributed by atoms with van der Waals surface area (Å²) in [6, 6.07) is 8.57. The van der Waals surface area contributed by atoms with E-state index in [9.17, 15) is 24.3 Å². The molecule has 9 nitrogen and oxygen atoms in total. The normalized spacial score (nSPS) is 15.1. The molecule has 178 valence electrons. The molecule has 4 rings (SSSR count). The third kappa shape index (κ3) is 4.66. The van der Waals surface area contributed by atoms with Crippen molar-refractivity contribution in [1.29, 1.82) is 0 Å². The zero-order valence-corrected chi connectivity index (χ0v) is 20.0. The van der Waals surface area contributed by atoms with Crippen molar-refractivity contribution in [3.63, 3.8) is 0 Å². The standard InChI is InChI=1S/C23H23BrFN5O4/c1-2-29-12-17(23(32)33)20(31)16-11-18(25)22(26-21(16)29)30-9-7-28(8-10-30)13-19(27-34)14-3-5-15(24)6-4-14/h3-6,11-12,34H,2,7-10,13H2,1H3,(H,32,33)/b27-19-. The van der Waals surface area contributed by atoms with Crippen LogP contribution >= 0.6 is 15.9 Å².